The molecule has 0 saturated carbocycles. The van der Waals surface area contributed by atoms with Crippen LogP contribution in [0.25, 0.3) is 0 Å². The number of benzene rings is 1. The molecule has 0 aromatic heterocycles. The normalized spacial score (nSPS) is 12.7. The quantitative estimate of drug-likeness (QED) is 0.754. The van der Waals surface area contributed by atoms with Crippen LogP contribution in [-0.2, 0) is 0 Å². The fourth-order valence-electron chi connectivity index (χ4n) is 2.09. The van der Waals surface area contributed by atoms with E-state index in [1.54, 1.807) is 32.2 Å². The Morgan fingerprint density at radius 3 is 2.71 bits per heavy atom. The van der Waals surface area contributed by atoms with Crippen LogP contribution in [-0.4, -0.2) is 30.9 Å². The zero-order valence-electron chi connectivity index (χ0n) is 12.9. The van der Waals surface area contributed by atoms with Crippen molar-refractivity contribution in [1.29, 1.82) is 0 Å². The van der Waals surface area contributed by atoms with Gasteiger partial charge in [0, 0.05) is 12.6 Å². The van der Waals surface area contributed by atoms with Crippen molar-refractivity contribution in [3.8, 4) is 5.75 Å². The molecule has 0 aliphatic carbocycles. The molecule has 0 saturated heterocycles. The van der Waals surface area contributed by atoms with Crippen LogP contribution >= 0.6 is 11.6 Å². The molecule has 1 rings (SSSR count). The Labute approximate surface area is 130 Å². The molecule has 1 aromatic rings. The van der Waals surface area contributed by atoms with Crippen molar-refractivity contribution in [3.05, 3.63) is 23.2 Å². The van der Waals surface area contributed by atoms with Gasteiger partial charge in [0.05, 0.1) is 23.9 Å². The molecular formula is C15H23ClN2O3. The standard InChI is InChI=1S/C15H23ClN2O3/c1-10(19)8-15(2,3)9-17-14(20)18-13-7-11(21-4)5-6-12(13)16/h5-7,10,19H,8-9H2,1-4H3,(H2,17,18,20). The van der Waals surface area contributed by atoms with E-state index in [0.717, 1.165) is 0 Å². The highest BCUT2D eigenvalue weighted by molar-refractivity contribution is 6.33. The van der Waals surface area contributed by atoms with Crippen molar-refractivity contribution in [2.45, 2.75) is 33.3 Å². The van der Waals surface area contributed by atoms with E-state index in [-0.39, 0.29) is 11.4 Å². The van der Waals surface area contributed by atoms with Crippen LogP contribution in [0.1, 0.15) is 27.2 Å². The average molecular weight is 315 g/mol. The van der Waals surface area contributed by atoms with Gasteiger partial charge in [0.15, 0.2) is 0 Å². The van der Waals surface area contributed by atoms with Gasteiger partial charge < -0.3 is 20.5 Å². The summed E-state index contributed by atoms with van der Waals surface area (Å²) in [5.41, 5.74) is 0.297. The molecule has 2 amide bonds. The van der Waals surface area contributed by atoms with Crippen molar-refractivity contribution in [1.82, 2.24) is 5.32 Å². The van der Waals surface area contributed by atoms with Gasteiger partial charge in [-0.3, -0.25) is 0 Å². The van der Waals surface area contributed by atoms with Crippen molar-refractivity contribution < 1.29 is 14.6 Å². The molecule has 0 spiro atoms. The molecule has 0 fully saturated rings. The number of anilines is 1. The topological polar surface area (TPSA) is 70.6 Å². The lowest BCUT2D eigenvalue weighted by Crippen LogP contribution is -2.38. The summed E-state index contributed by atoms with van der Waals surface area (Å²) in [6.07, 6.45) is 0.199. The van der Waals surface area contributed by atoms with E-state index in [1.165, 1.54) is 0 Å². The van der Waals surface area contributed by atoms with Crippen LogP contribution in [0.15, 0.2) is 18.2 Å². The molecule has 0 heterocycles. The SMILES string of the molecule is COc1ccc(Cl)c(NC(=O)NCC(C)(C)CC(C)O)c1. The van der Waals surface area contributed by atoms with Crippen LogP contribution in [0, 0.1) is 5.41 Å². The number of halogens is 1. The van der Waals surface area contributed by atoms with Crippen molar-refractivity contribution in [3.63, 3.8) is 0 Å². The smallest absolute Gasteiger partial charge is 0.319 e. The summed E-state index contributed by atoms with van der Waals surface area (Å²) in [5, 5.41) is 15.3. The number of hydrogen-bond donors (Lipinski definition) is 3. The molecule has 1 atom stereocenters. The van der Waals surface area contributed by atoms with E-state index in [4.69, 9.17) is 16.3 Å². The van der Waals surface area contributed by atoms with E-state index < -0.39 is 6.10 Å². The summed E-state index contributed by atoms with van der Waals surface area (Å²) in [4.78, 5) is 11.9. The Morgan fingerprint density at radius 2 is 2.14 bits per heavy atom. The zero-order chi connectivity index (χ0) is 16.0. The molecule has 1 aromatic carbocycles. The second-order valence-corrected chi connectivity index (χ2v) is 6.28. The third kappa shape index (κ3) is 6.23. The minimum absolute atomic E-state index is 0.191. The van der Waals surface area contributed by atoms with E-state index in [1.807, 2.05) is 13.8 Å². The lowest BCUT2D eigenvalue weighted by molar-refractivity contribution is 0.129. The minimum atomic E-state index is -0.405. The molecule has 0 aliphatic heterocycles. The van der Waals surface area contributed by atoms with Gasteiger partial charge in [0.1, 0.15) is 5.75 Å². The van der Waals surface area contributed by atoms with E-state index in [0.29, 0.717) is 29.4 Å². The van der Waals surface area contributed by atoms with Crippen molar-refractivity contribution >= 4 is 23.3 Å². The third-order valence-electron chi connectivity index (χ3n) is 3.00. The highest BCUT2D eigenvalue weighted by atomic mass is 35.5. The van der Waals surface area contributed by atoms with Gasteiger partial charge in [0.2, 0.25) is 0 Å². The number of aliphatic hydroxyl groups is 1. The van der Waals surface area contributed by atoms with Gasteiger partial charge in [-0.25, -0.2) is 4.79 Å². The number of urea groups is 1. The average Bonchev–Trinajstić information content (AvgIpc) is 2.38. The lowest BCUT2D eigenvalue weighted by atomic mass is 9.87. The summed E-state index contributed by atoms with van der Waals surface area (Å²) in [5.74, 6) is 0.615. The number of ether oxygens (including phenoxy) is 1. The molecule has 1 unspecified atom stereocenters. The van der Waals surface area contributed by atoms with E-state index in [2.05, 4.69) is 10.6 Å². The van der Waals surface area contributed by atoms with Crippen LogP contribution in [0.2, 0.25) is 5.02 Å². The summed E-state index contributed by atoms with van der Waals surface area (Å²) < 4.78 is 5.09. The van der Waals surface area contributed by atoms with E-state index in [9.17, 15) is 9.90 Å². The Bertz CT molecular complexity index is 490. The zero-order valence-corrected chi connectivity index (χ0v) is 13.6. The van der Waals surface area contributed by atoms with Gasteiger partial charge >= 0.3 is 6.03 Å². The second-order valence-electron chi connectivity index (χ2n) is 5.87. The number of rotatable bonds is 6. The monoisotopic (exact) mass is 314 g/mol. The van der Waals surface area contributed by atoms with Crippen LogP contribution in [0.4, 0.5) is 10.5 Å². The Balaban J connectivity index is 2.58. The molecule has 6 heteroatoms. The third-order valence-corrected chi connectivity index (χ3v) is 3.33. The molecule has 21 heavy (non-hydrogen) atoms. The van der Waals surface area contributed by atoms with E-state index >= 15 is 0 Å². The fraction of sp³-hybridized carbons (Fsp3) is 0.533. The first-order valence-electron chi connectivity index (χ1n) is 6.80. The van der Waals surface area contributed by atoms with Crippen LogP contribution in [0.5, 0.6) is 5.75 Å². The molecule has 118 valence electrons. The molecule has 0 aliphatic rings. The van der Waals surface area contributed by atoms with Gasteiger partial charge in [-0.05, 0) is 30.9 Å². The summed E-state index contributed by atoms with van der Waals surface area (Å²) >= 11 is 6.03. The first kappa shape index (κ1) is 17.6. The largest absolute Gasteiger partial charge is 0.497 e. The number of aliphatic hydroxyl groups excluding tert-OH is 1. The van der Waals surface area contributed by atoms with Gasteiger partial charge in [-0.2, -0.15) is 0 Å². The van der Waals surface area contributed by atoms with Gasteiger partial charge in [-0.1, -0.05) is 25.4 Å². The van der Waals surface area contributed by atoms with Crippen LogP contribution < -0.4 is 15.4 Å². The molecule has 5 nitrogen and oxygen atoms in total. The lowest BCUT2D eigenvalue weighted by Gasteiger charge is -2.26. The second kappa shape index (κ2) is 7.52. The highest BCUT2D eigenvalue weighted by Gasteiger charge is 2.21. The van der Waals surface area contributed by atoms with Crippen LogP contribution in [0.3, 0.4) is 0 Å². The number of hydrogen-bond acceptors (Lipinski definition) is 3. The Morgan fingerprint density at radius 1 is 1.48 bits per heavy atom. The number of nitrogens with one attached hydrogen (secondary N) is 2. The first-order valence-corrected chi connectivity index (χ1v) is 7.18. The summed E-state index contributed by atoms with van der Waals surface area (Å²) in [6.45, 7) is 6.15. The van der Waals surface area contributed by atoms with Gasteiger partial charge in [0.25, 0.3) is 0 Å². The summed E-state index contributed by atoms with van der Waals surface area (Å²) in [6, 6.07) is 4.69. The number of carbonyl (C=O) groups is 1. The molecule has 3 N–H and O–H groups in total. The molecule has 0 bridgehead atoms. The maximum atomic E-state index is 11.9. The van der Waals surface area contributed by atoms with Crippen molar-refractivity contribution in [2.24, 2.45) is 5.41 Å². The Kier molecular flexibility index (Phi) is 6.30. The number of amides is 2. The maximum absolute atomic E-state index is 11.9. The minimum Gasteiger partial charge on any atom is -0.497 e. The predicted octanol–water partition coefficient (Wildman–Crippen LogP) is 3.27. The summed E-state index contributed by atoms with van der Waals surface area (Å²) in [7, 11) is 1.55. The first-order chi connectivity index (χ1) is 9.73. The molecule has 0 radical (unpaired) electrons. The number of methoxy groups -OCH3 is 1. The number of carbonyl (C=O) groups excluding carboxylic acids is 1. The fourth-order valence-corrected chi connectivity index (χ4v) is 2.25. The van der Waals surface area contributed by atoms with Crippen molar-refractivity contribution in [2.75, 3.05) is 19.0 Å². The maximum Gasteiger partial charge on any atom is 0.319 e. The molecular weight excluding hydrogens is 292 g/mol. The predicted molar refractivity (Wildman–Crippen MR) is 85.1 cm³/mol. The Hall–Kier alpha value is -1.46. The highest BCUT2D eigenvalue weighted by Crippen LogP contribution is 2.26. The van der Waals surface area contributed by atoms with Gasteiger partial charge in [-0.15, -0.1) is 0 Å².